The lowest BCUT2D eigenvalue weighted by molar-refractivity contribution is 0.0697. The standard InChI is InChI=1S/C17H18N2O2/c20-17(21)13-4-1-7-16(10-13)19-9-3-6-15(12-19)14-5-2-8-18-11-14/h1-2,4-5,7-8,10-11,15H,3,6,9,12H2,(H,20,21). The Balaban J connectivity index is 1.80. The highest BCUT2D eigenvalue weighted by atomic mass is 16.4. The average Bonchev–Trinajstić information content (AvgIpc) is 2.56. The van der Waals surface area contributed by atoms with E-state index in [4.69, 9.17) is 5.11 Å². The first-order valence-corrected chi connectivity index (χ1v) is 7.22. The van der Waals surface area contributed by atoms with E-state index in [0.29, 0.717) is 11.5 Å². The molecule has 1 aliphatic heterocycles. The fraction of sp³-hybridized carbons (Fsp3) is 0.294. The van der Waals surface area contributed by atoms with Crippen molar-refractivity contribution >= 4 is 11.7 Å². The summed E-state index contributed by atoms with van der Waals surface area (Å²) in [5.41, 5.74) is 2.59. The van der Waals surface area contributed by atoms with Crippen LogP contribution in [-0.2, 0) is 0 Å². The molecule has 3 rings (SSSR count). The Labute approximate surface area is 124 Å². The van der Waals surface area contributed by atoms with Gasteiger partial charge in [-0.25, -0.2) is 4.79 Å². The molecule has 1 atom stereocenters. The van der Waals surface area contributed by atoms with Gasteiger partial charge in [0.25, 0.3) is 0 Å². The van der Waals surface area contributed by atoms with Gasteiger partial charge in [0.2, 0.25) is 0 Å². The lowest BCUT2D eigenvalue weighted by atomic mass is 9.91. The van der Waals surface area contributed by atoms with Gasteiger partial charge in [0.1, 0.15) is 0 Å². The number of nitrogens with zero attached hydrogens (tertiary/aromatic N) is 2. The number of rotatable bonds is 3. The number of carbonyl (C=O) groups is 1. The summed E-state index contributed by atoms with van der Waals surface area (Å²) in [5.74, 6) is -0.418. The number of pyridine rings is 1. The van der Waals surface area contributed by atoms with Crippen molar-refractivity contribution in [2.45, 2.75) is 18.8 Å². The van der Waals surface area contributed by atoms with Crippen molar-refractivity contribution in [2.24, 2.45) is 0 Å². The van der Waals surface area contributed by atoms with Gasteiger partial charge in [0.05, 0.1) is 5.56 Å². The van der Waals surface area contributed by atoms with Crippen LogP contribution in [0.25, 0.3) is 0 Å². The Bertz CT molecular complexity index is 628. The van der Waals surface area contributed by atoms with Gasteiger partial charge in [-0.3, -0.25) is 4.98 Å². The van der Waals surface area contributed by atoms with Crippen LogP contribution in [-0.4, -0.2) is 29.1 Å². The third kappa shape index (κ3) is 3.05. The van der Waals surface area contributed by atoms with E-state index in [2.05, 4.69) is 16.0 Å². The van der Waals surface area contributed by atoms with Crippen LogP contribution in [0.15, 0.2) is 48.8 Å². The summed E-state index contributed by atoms with van der Waals surface area (Å²) in [6, 6.07) is 11.3. The van der Waals surface area contributed by atoms with Crippen molar-refractivity contribution in [1.82, 2.24) is 4.98 Å². The molecule has 0 amide bonds. The number of carboxylic acids is 1. The second kappa shape index (κ2) is 5.95. The van der Waals surface area contributed by atoms with Gasteiger partial charge in [-0.15, -0.1) is 0 Å². The molecule has 1 aromatic heterocycles. The van der Waals surface area contributed by atoms with Gasteiger partial charge in [-0.05, 0) is 42.7 Å². The zero-order valence-corrected chi connectivity index (χ0v) is 11.8. The second-order valence-corrected chi connectivity index (χ2v) is 5.43. The van der Waals surface area contributed by atoms with Gasteiger partial charge >= 0.3 is 5.97 Å². The summed E-state index contributed by atoms with van der Waals surface area (Å²) in [6.45, 7) is 1.88. The molecule has 2 heterocycles. The van der Waals surface area contributed by atoms with Crippen molar-refractivity contribution < 1.29 is 9.90 Å². The van der Waals surface area contributed by atoms with E-state index in [-0.39, 0.29) is 0 Å². The van der Waals surface area contributed by atoms with Crippen LogP contribution in [0.1, 0.15) is 34.7 Å². The van der Waals surface area contributed by atoms with Gasteiger partial charge in [0.15, 0.2) is 0 Å². The maximum Gasteiger partial charge on any atom is 0.335 e. The van der Waals surface area contributed by atoms with Crippen LogP contribution < -0.4 is 4.90 Å². The first-order valence-electron chi connectivity index (χ1n) is 7.22. The minimum Gasteiger partial charge on any atom is -0.478 e. The second-order valence-electron chi connectivity index (χ2n) is 5.43. The molecule has 2 aromatic rings. The molecule has 0 spiro atoms. The molecule has 0 bridgehead atoms. The number of hydrogen-bond donors (Lipinski definition) is 1. The third-order valence-electron chi connectivity index (χ3n) is 4.04. The summed E-state index contributed by atoms with van der Waals surface area (Å²) in [4.78, 5) is 17.6. The molecule has 0 radical (unpaired) electrons. The van der Waals surface area contributed by atoms with E-state index in [1.54, 1.807) is 18.3 Å². The molecule has 1 saturated heterocycles. The van der Waals surface area contributed by atoms with E-state index in [1.165, 1.54) is 5.56 Å². The number of aromatic carboxylic acids is 1. The highest BCUT2D eigenvalue weighted by Gasteiger charge is 2.22. The molecule has 0 aliphatic carbocycles. The zero-order chi connectivity index (χ0) is 14.7. The Morgan fingerprint density at radius 2 is 2.19 bits per heavy atom. The van der Waals surface area contributed by atoms with Crippen LogP contribution in [0, 0.1) is 0 Å². The Morgan fingerprint density at radius 1 is 1.29 bits per heavy atom. The minimum absolute atomic E-state index is 0.344. The quantitative estimate of drug-likeness (QED) is 0.939. The monoisotopic (exact) mass is 282 g/mol. The number of anilines is 1. The van der Waals surface area contributed by atoms with Crippen molar-refractivity contribution in [3.8, 4) is 0 Å². The number of carboxylic acid groups (broad SMARTS) is 1. The van der Waals surface area contributed by atoms with Crippen LogP contribution in [0.4, 0.5) is 5.69 Å². The fourth-order valence-electron chi connectivity index (χ4n) is 2.94. The van der Waals surface area contributed by atoms with Crippen LogP contribution in [0.3, 0.4) is 0 Å². The highest BCUT2D eigenvalue weighted by Crippen LogP contribution is 2.29. The van der Waals surface area contributed by atoms with Gasteiger partial charge in [-0.1, -0.05) is 12.1 Å². The average molecular weight is 282 g/mol. The number of aromatic nitrogens is 1. The van der Waals surface area contributed by atoms with E-state index < -0.39 is 5.97 Å². The van der Waals surface area contributed by atoms with E-state index in [9.17, 15) is 4.79 Å². The van der Waals surface area contributed by atoms with Crippen molar-refractivity contribution in [1.29, 1.82) is 0 Å². The Kier molecular flexibility index (Phi) is 3.86. The first kappa shape index (κ1) is 13.6. The largest absolute Gasteiger partial charge is 0.478 e. The molecule has 1 fully saturated rings. The van der Waals surface area contributed by atoms with Crippen LogP contribution >= 0.6 is 0 Å². The predicted molar refractivity (Wildman–Crippen MR) is 81.8 cm³/mol. The summed E-state index contributed by atoms with van der Waals surface area (Å²) >= 11 is 0. The molecule has 1 unspecified atom stereocenters. The Hall–Kier alpha value is -2.36. The molecular formula is C17H18N2O2. The SMILES string of the molecule is O=C(O)c1cccc(N2CCCC(c3cccnc3)C2)c1. The molecule has 1 N–H and O–H groups in total. The summed E-state index contributed by atoms with van der Waals surface area (Å²) in [7, 11) is 0. The maximum absolute atomic E-state index is 11.1. The third-order valence-corrected chi connectivity index (χ3v) is 4.04. The van der Waals surface area contributed by atoms with Crippen LogP contribution in [0.5, 0.6) is 0 Å². The fourth-order valence-corrected chi connectivity index (χ4v) is 2.94. The van der Waals surface area contributed by atoms with Gasteiger partial charge < -0.3 is 10.0 Å². The first-order chi connectivity index (χ1) is 10.2. The van der Waals surface area contributed by atoms with E-state index in [0.717, 1.165) is 31.6 Å². The van der Waals surface area contributed by atoms with Gasteiger partial charge in [0, 0.05) is 37.1 Å². The topological polar surface area (TPSA) is 53.4 Å². The predicted octanol–water partition coefficient (Wildman–Crippen LogP) is 3.16. The molecule has 1 aliphatic rings. The maximum atomic E-state index is 11.1. The lowest BCUT2D eigenvalue weighted by Gasteiger charge is -2.34. The number of benzene rings is 1. The van der Waals surface area contributed by atoms with Crippen molar-refractivity contribution in [3.05, 3.63) is 59.9 Å². The molecule has 4 heteroatoms. The van der Waals surface area contributed by atoms with Crippen molar-refractivity contribution in [2.75, 3.05) is 18.0 Å². The van der Waals surface area contributed by atoms with E-state index >= 15 is 0 Å². The molecule has 4 nitrogen and oxygen atoms in total. The van der Waals surface area contributed by atoms with Crippen LogP contribution in [0.2, 0.25) is 0 Å². The molecule has 0 saturated carbocycles. The molecule has 108 valence electrons. The number of piperidine rings is 1. The molecule has 21 heavy (non-hydrogen) atoms. The smallest absolute Gasteiger partial charge is 0.335 e. The van der Waals surface area contributed by atoms with Crippen molar-refractivity contribution in [3.63, 3.8) is 0 Å². The Morgan fingerprint density at radius 3 is 2.95 bits per heavy atom. The lowest BCUT2D eigenvalue weighted by Crippen LogP contribution is -2.34. The minimum atomic E-state index is -0.877. The van der Waals surface area contributed by atoms with Gasteiger partial charge in [-0.2, -0.15) is 0 Å². The summed E-state index contributed by atoms with van der Waals surface area (Å²) in [6.07, 6.45) is 5.99. The normalized spacial score (nSPS) is 18.5. The van der Waals surface area contributed by atoms with E-state index in [1.807, 2.05) is 24.4 Å². The highest BCUT2D eigenvalue weighted by molar-refractivity contribution is 5.88. The molecule has 1 aromatic carbocycles. The summed E-state index contributed by atoms with van der Waals surface area (Å²) < 4.78 is 0. The summed E-state index contributed by atoms with van der Waals surface area (Å²) in [5, 5.41) is 9.11. The zero-order valence-electron chi connectivity index (χ0n) is 11.8. The molecular weight excluding hydrogens is 264 g/mol. The number of hydrogen-bond acceptors (Lipinski definition) is 3.